The largest absolute Gasteiger partial charge is 0.192 e. The van der Waals surface area contributed by atoms with Gasteiger partial charge in [-0.05, 0) is 46.9 Å². The van der Waals surface area contributed by atoms with E-state index < -0.39 is 0 Å². The van der Waals surface area contributed by atoms with E-state index >= 15 is 0 Å². The van der Waals surface area contributed by atoms with Crippen molar-refractivity contribution < 1.29 is 0 Å². The number of aryl methyl sites for hydroxylation is 1. The third-order valence-corrected chi connectivity index (χ3v) is 4.04. The normalized spacial score (nSPS) is 14.8. The van der Waals surface area contributed by atoms with Gasteiger partial charge in [0.25, 0.3) is 0 Å². The van der Waals surface area contributed by atoms with E-state index in [9.17, 15) is 0 Å². The minimum atomic E-state index is -0.0104. The molecule has 0 amide bonds. The maximum absolute atomic E-state index is 9.06. The van der Waals surface area contributed by atoms with Gasteiger partial charge in [-0.2, -0.15) is 5.26 Å². The summed E-state index contributed by atoms with van der Waals surface area (Å²) in [4.78, 5) is 0. The number of hydrogen-bond acceptors (Lipinski definition) is 1. The van der Waals surface area contributed by atoms with Crippen molar-refractivity contribution in [2.45, 2.75) is 26.2 Å². The molecule has 0 unspecified atom stereocenters. The predicted octanol–water partition coefficient (Wildman–Crippen LogP) is 4.17. The van der Waals surface area contributed by atoms with Gasteiger partial charge in [-0.15, -0.1) is 0 Å². The van der Waals surface area contributed by atoms with Crippen LogP contribution < -0.4 is 0 Å². The van der Waals surface area contributed by atoms with Crippen LogP contribution in [0, 0.1) is 18.3 Å². The van der Waals surface area contributed by atoms with Crippen LogP contribution in [0.3, 0.4) is 0 Å². The summed E-state index contributed by atoms with van der Waals surface area (Å²) in [5.74, 6) is 0. The van der Waals surface area contributed by atoms with E-state index in [1.54, 1.807) is 0 Å². The van der Waals surface area contributed by atoms with Crippen LogP contribution in [0.15, 0.2) is 36.4 Å². The summed E-state index contributed by atoms with van der Waals surface area (Å²) in [7, 11) is 0. The van der Waals surface area contributed by atoms with E-state index in [0.717, 1.165) is 5.56 Å². The molecular formula is C17H15N. The third kappa shape index (κ3) is 1.26. The summed E-state index contributed by atoms with van der Waals surface area (Å²) in [6, 6.07) is 14.8. The fourth-order valence-electron chi connectivity index (χ4n) is 3.04. The molecule has 0 fully saturated rings. The maximum Gasteiger partial charge on any atom is 0.0991 e. The number of benzene rings is 2. The Balaban J connectivity index is 2.40. The summed E-state index contributed by atoms with van der Waals surface area (Å²) in [6.07, 6.45) is 0. The van der Waals surface area contributed by atoms with Gasteiger partial charge in [-0.3, -0.25) is 0 Å². The molecule has 2 aromatic rings. The van der Waals surface area contributed by atoms with Crippen LogP contribution in [-0.4, -0.2) is 0 Å². The lowest BCUT2D eigenvalue weighted by Crippen LogP contribution is -2.15. The summed E-state index contributed by atoms with van der Waals surface area (Å²) < 4.78 is 0. The first-order valence-corrected chi connectivity index (χ1v) is 6.21. The molecule has 0 aliphatic heterocycles. The zero-order valence-corrected chi connectivity index (χ0v) is 10.9. The minimum absolute atomic E-state index is 0.0104. The van der Waals surface area contributed by atoms with Crippen LogP contribution in [0.1, 0.15) is 36.1 Å². The fraction of sp³-hybridized carbons (Fsp3) is 0.235. The minimum Gasteiger partial charge on any atom is -0.192 e. The van der Waals surface area contributed by atoms with Gasteiger partial charge >= 0.3 is 0 Å². The van der Waals surface area contributed by atoms with Gasteiger partial charge in [0, 0.05) is 5.41 Å². The van der Waals surface area contributed by atoms with Crippen molar-refractivity contribution in [3.8, 4) is 17.2 Å². The van der Waals surface area contributed by atoms with E-state index in [0.29, 0.717) is 0 Å². The molecule has 1 heteroatoms. The molecule has 1 nitrogen and oxygen atoms in total. The van der Waals surface area contributed by atoms with E-state index in [2.05, 4.69) is 51.1 Å². The van der Waals surface area contributed by atoms with E-state index in [1.807, 2.05) is 12.1 Å². The van der Waals surface area contributed by atoms with Gasteiger partial charge in [-0.1, -0.05) is 38.1 Å². The average molecular weight is 233 g/mol. The maximum atomic E-state index is 9.06. The first-order valence-electron chi connectivity index (χ1n) is 6.21. The van der Waals surface area contributed by atoms with E-state index in [-0.39, 0.29) is 5.41 Å². The fourth-order valence-corrected chi connectivity index (χ4v) is 3.04. The quantitative estimate of drug-likeness (QED) is 0.670. The van der Waals surface area contributed by atoms with Gasteiger partial charge in [-0.25, -0.2) is 0 Å². The molecule has 0 aromatic heterocycles. The Kier molecular flexibility index (Phi) is 2.12. The second-order valence-corrected chi connectivity index (χ2v) is 5.49. The Hall–Kier alpha value is -2.07. The summed E-state index contributed by atoms with van der Waals surface area (Å²) in [5.41, 5.74) is 7.31. The summed E-state index contributed by atoms with van der Waals surface area (Å²) in [5, 5.41) is 9.06. The lowest BCUT2D eigenvalue weighted by Gasteiger charge is -2.21. The second kappa shape index (κ2) is 3.46. The topological polar surface area (TPSA) is 23.8 Å². The molecule has 1 aliphatic rings. The number of fused-ring (bicyclic) bond motifs is 3. The van der Waals surface area contributed by atoms with Crippen LogP contribution in [-0.2, 0) is 5.41 Å². The standard InChI is InChI=1S/C17H15N/c1-11-5-4-6-14-16(11)13-8-7-12(10-18)9-15(13)17(14,2)3/h4-9H,1-3H3. The lowest BCUT2D eigenvalue weighted by molar-refractivity contribution is 0.660. The Morgan fingerprint density at radius 2 is 1.83 bits per heavy atom. The van der Waals surface area contributed by atoms with Gasteiger partial charge < -0.3 is 0 Å². The van der Waals surface area contributed by atoms with E-state index in [4.69, 9.17) is 5.26 Å². The predicted molar refractivity (Wildman–Crippen MR) is 73.5 cm³/mol. The lowest BCUT2D eigenvalue weighted by atomic mass is 9.82. The second-order valence-electron chi connectivity index (χ2n) is 5.49. The highest BCUT2D eigenvalue weighted by atomic mass is 14.4. The number of nitriles is 1. The molecule has 0 radical (unpaired) electrons. The molecule has 0 atom stereocenters. The number of hydrogen-bond donors (Lipinski definition) is 0. The van der Waals surface area contributed by atoms with Crippen molar-refractivity contribution in [3.05, 3.63) is 58.7 Å². The SMILES string of the molecule is Cc1cccc2c1-c1ccc(C#N)cc1C2(C)C. The highest BCUT2D eigenvalue weighted by Crippen LogP contribution is 2.49. The van der Waals surface area contributed by atoms with Gasteiger partial charge in [0.2, 0.25) is 0 Å². The van der Waals surface area contributed by atoms with Crippen molar-refractivity contribution in [1.29, 1.82) is 5.26 Å². The Morgan fingerprint density at radius 1 is 1.06 bits per heavy atom. The third-order valence-electron chi connectivity index (χ3n) is 4.04. The molecule has 0 heterocycles. The van der Waals surface area contributed by atoms with Crippen LogP contribution in [0.2, 0.25) is 0 Å². The molecule has 0 saturated heterocycles. The molecule has 0 spiro atoms. The van der Waals surface area contributed by atoms with Crippen LogP contribution >= 0.6 is 0 Å². The molecule has 0 N–H and O–H groups in total. The van der Waals surface area contributed by atoms with Crippen molar-refractivity contribution in [2.75, 3.05) is 0 Å². The van der Waals surface area contributed by atoms with Crippen molar-refractivity contribution >= 4 is 0 Å². The zero-order chi connectivity index (χ0) is 12.9. The molecule has 2 aromatic carbocycles. The first-order chi connectivity index (χ1) is 8.55. The molecule has 88 valence electrons. The molecule has 3 rings (SSSR count). The van der Waals surface area contributed by atoms with Gasteiger partial charge in [0.15, 0.2) is 0 Å². The monoisotopic (exact) mass is 233 g/mol. The first kappa shape index (κ1) is 11.0. The van der Waals surface area contributed by atoms with Crippen molar-refractivity contribution in [3.63, 3.8) is 0 Å². The van der Waals surface area contributed by atoms with Crippen LogP contribution in [0.5, 0.6) is 0 Å². The molecule has 18 heavy (non-hydrogen) atoms. The van der Waals surface area contributed by atoms with Crippen LogP contribution in [0.25, 0.3) is 11.1 Å². The number of rotatable bonds is 0. The smallest absolute Gasteiger partial charge is 0.0991 e. The Bertz CT molecular complexity index is 687. The van der Waals surface area contributed by atoms with Crippen molar-refractivity contribution in [2.24, 2.45) is 0 Å². The Morgan fingerprint density at radius 3 is 2.56 bits per heavy atom. The average Bonchev–Trinajstić information content (AvgIpc) is 2.59. The highest BCUT2D eigenvalue weighted by molar-refractivity contribution is 5.83. The molecule has 0 bridgehead atoms. The Labute approximate surface area is 108 Å². The zero-order valence-electron chi connectivity index (χ0n) is 10.9. The molecule has 1 aliphatic carbocycles. The van der Waals surface area contributed by atoms with Crippen LogP contribution in [0.4, 0.5) is 0 Å². The van der Waals surface area contributed by atoms with E-state index in [1.165, 1.54) is 27.8 Å². The van der Waals surface area contributed by atoms with Gasteiger partial charge in [0.1, 0.15) is 0 Å². The highest BCUT2D eigenvalue weighted by Gasteiger charge is 2.36. The summed E-state index contributed by atoms with van der Waals surface area (Å²) in [6.45, 7) is 6.62. The summed E-state index contributed by atoms with van der Waals surface area (Å²) >= 11 is 0. The molecular weight excluding hydrogens is 218 g/mol. The molecule has 0 saturated carbocycles. The number of nitrogens with zero attached hydrogens (tertiary/aromatic N) is 1. The van der Waals surface area contributed by atoms with Crippen molar-refractivity contribution in [1.82, 2.24) is 0 Å². The van der Waals surface area contributed by atoms with Gasteiger partial charge in [0.05, 0.1) is 11.6 Å².